The summed E-state index contributed by atoms with van der Waals surface area (Å²) < 4.78 is 25.1. The first-order chi connectivity index (χ1) is 14.0. The van der Waals surface area contributed by atoms with Crippen molar-refractivity contribution in [3.8, 4) is 0 Å². The average Bonchev–Trinajstić information content (AvgIpc) is 3.14. The molecular formula is C22H24ClFN2O3. The number of amides is 1. The van der Waals surface area contributed by atoms with Gasteiger partial charge in [0.1, 0.15) is 5.82 Å². The zero-order chi connectivity index (χ0) is 20.3. The number of aromatic nitrogens is 1. The van der Waals surface area contributed by atoms with Crippen LogP contribution in [0, 0.1) is 5.82 Å². The van der Waals surface area contributed by atoms with Crippen LogP contribution in [0.25, 0.3) is 0 Å². The van der Waals surface area contributed by atoms with Gasteiger partial charge < -0.3 is 14.8 Å². The lowest BCUT2D eigenvalue weighted by Crippen LogP contribution is -2.50. The summed E-state index contributed by atoms with van der Waals surface area (Å²) in [5, 5.41) is 3.62. The van der Waals surface area contributed by atoms with Crippen molar-refractivity contribution in [2.75, 3.05) is 19.8 Å². The van der Waals surface area contributed by atoms with Crippen LogP contribution >= 0.6 is 11.6 Å². The lowest BCUT2D eigenvalue weighted by molar-refractivity contribution is -0.130. The molecule has 1 aromatic heterocycles. The molecule has 0 aliphatic carbocycles. The van der Waals surface area contributed by atoms with E-state index in [1.54, 1.807) is 12.1 Å². The molecule has 0 radical (unpaired) electrons. The summed E-state index contributed by atoms with van der Waals surface area (Å²) in [5.41, 5.74) is 0.749. The summed E-state index contributed by atoms with van der Waals surface area (Å²) in [6.07, 6.45) is 3.55. The number of carbonyl (C=O) groups is 1. The highest BCUT2D eigenvalue weighted by molar-refractivity contribution is 6.30. The van der Waals surface area contributed by atoms with Crippen LogP contribution in [0.3, 0.4) is 0 Å². The van der Waals surface area contributed by atoms with Crippen molar-refractivity contribution in [3.63, 3.8) is 0 Å². The van der Waals surface area contributed by atoms with E-state index in [1.165, 1.54) is 12.3 Å². The molecule has 0 bridgehead atoms. The molecule has 2 atom stereocenters. The number of hydrogen-bond acceptors (Lipinski definition) is 4. The molecule has 2 aliphatic heterocycles. The van der Waals surface area contributed by atoms with Gasteiger partial charge in [-0.05, 0) is 42.7 Å². The van der Waals surface area contributed by atoms with Crippen molar-refractivity contribution in [3.05, 3.63) is 64.7 Å². The molecule has 2 aliphatic rings. The van der Waals surface area contributed by atoms with E-state index >= 15 is 0 Å². The molecule has 1 N–H and O–H groups in total. The largest absolute Gasteiger partial charge is 0.378 e. The summed E-state index contributed by atoms with van der Waals surface area (Å²) in [6.45, 7) is 2.08. The normalized spacial score (nSPS) is 26.6. The maximum absolute atomic E-state index is 13.5. The third-order valence-corrected chi connectivity index (χ3v) is 6.10. The molecule has 1 aromatic carbocycles. The maximum atomic E-state index is 13.5. The number of nitrogens with one attached hydrogen (secondary N) is 1. The molecule has 154 valence electrons. The van der Waals surface area contributed by atoms with Crippen LogP contribution in [0.4, 0.5) is 4.39 Å². The Labute approximate surface area is 174 Å². The molecule has 5 nitrogen and oxygen atoms in total. The van der Waals surface area contributed by atoms with Gasteiger partial charge in [-0.15, -0.1) is 0 Å². The van der Waals surface area contributed by atoms with E-state index in [1.807, 2.05) is 18.2 Å². The van der Waals surface area contributed by atoms with Crippen LogP contribution in [0.15, 0.2) is 42.6 Å². The molecule has 1 spiro atoms. The highest BCUT2D eigenvalue weighted by Gasteiger charge is 2.50. The zero-order valence-electron chi connectivity index (χ0n) is 16.1. The van der Waals surface area contributed by atoms with E-state index in [9.17, 15) is 9.18 Å². The lowest BCUT2D eigenvalue weighted by atomic mass is 9.68. The predicted octanol–water partition coefficient (Wildman–Crippen LogP) is 3.79. The van der Waals surface area contributed by atoms with Crippen LogP contribution < -0.4 is 5.32 Å². The van der Waals surface area contributed by atoms with Gasteiger partial charge in [-0.1, -0.05) is 23.7 Å². The molecule has 29 heavy (non-hydrogen) atoms. The van der Waals surface area contributed by atoms with Gasteiger partial charge in [-0.3, -0.25) is 9.78 Å². The average molecular weight is 419 g/mol. The first-order valence-electron chi connectivity index (χ1n) is 9.84. The van der Waals surface area contributed by atoms with Gasteiger partial charge in [-0.25, -0.2) is 4.39 Å². The van der Waals surface area contributed by atoms with Crippen molar-refractivity contribution in [2.45, 2.75) is 43.2 Å². The number of pyridine rings is 1. The van der Waals surface area contributed by atoms with Gasteiger partial charge in [0.25, 0.3) is 0 Å². The van der Waals surface area contributed by atoms with Crippen LogP contribution in [0.5, 0.6) is 0 Å². The second kappa shape index (κ2) is 8.38. The maximum Gasteiger partial charge on any atom is 0.221 e. The number of nitrogens with zero attached hydrogens (tertiary/aromatic N) is 1. The minimum atomic E-state index is -0.516. The first kappa shape index (κ1) is 20.3. The van der Waals surface area contributed by atoms with E-state index < -0.39 is 11.0 Å². The van der Waals surface area contributed by atoms with E-state index in [0.29, 0.717) is 44.2 Å². The smallest absolute Gasteiger partial charge is 0.221 e. The molecule has 2 fully saturated rings. The van der Waals surface area contributed by atoms with Gasteiger partial charge in [0.15, 0.2) is 0 Å². The minimum absolute atomic E-state index is 0.0768. The molecule has 7 heteroatoms. The number of halogens is 2. The highest BCUT2D eigenvalue weighted by atomic mass is 35.5. The predicted molar refractivity (Wildman–Crippen MR) is 107 cm³/mol. The fourth-order valence-corrected chi connectivity index (χ4v) is 4.64. The zero-order valence-corrected chi connectivity index (χ0v) is 16.9. The summed E-state index contributed by atoms with van der Waals surface area (Å²) in [5.74, 6) is -0.465. The lowest BCUT2D eigenvalue weighted by Gasteiger charge is -2.45. The van der Waals surface area contributed by atoms with Crippen LogP contribution in [-0.2, 0) is 26.2 Å². The molecule has 1 amide bonds. The summed E-state index contributed by atoms with van der Waals surface area (Å²) >= 11 is 6.02. The van der Waals surface area contributed by atoms with Gasteiger partial charge in [0.05, 0.1) is 18.4 Å². The summed E-state index contributed by atoms with van der Waals surface area (Å²) in [7, 11) is 0. The second-order valence-electron chi connectivity index (χ2n) is 7.99. The Kier molecular flexibility index (Phi) is 5.86. The van der Waals surface area contributed by atoms with Gasteiger partial charge in [-0.2, -0.15) is 0 Å². The fraction of sp³-hybridized carbons (Fsp3) is 0.455. The van der Waals surface area contributed by atoms with Crippen molar-refractivity contribution >= 4 is 17.5 Å². The second-order valence-corrected chi connectivity index (χ2v) is 8.42. The van der Waals surface area contributed by atoms with Crippen LogP contribution in [-0.4, -0.2) is 36.3 Å². The third-order valence-electron chi connectivity index (χ3n) is 5.86. The van der Waals surface area contributed by atoms with E-state index in [4.69, 9.17) is 21.1 Å². The Bertz CT molecular complexity index is 871. The molecular weight excluding hydrogens is 395 g/mol. The molecule has 0 saturated carbocycles. The first-order valence-corrected chi connectivity index (χ1v) is 10.2. The Hall–Kier alpha value is -2.02. The van der Waals surface area contributed by atoms with E-state index in [2.05, 4.69) is 10.3 Å². The van der Waals surface area contributed by atoms with Crippen molar-refractivity contribution in [1.82, 2.24) is 10.3 Å². The summed E-state index contributed by atoms with van der Waals surface area (Å²) in [4.78, 5) is 17.2. The Morgan fingerprint density at radius 1 is 1.24 bits per heavy atom. The standard InChI is InChI=1S/C22H24ClFN2O3/c23-17-3-1-2-16(10-17)12-26-20(27)11-21(19-5-4-18(24)13-25-19)6-9-29-22(14-21)7-8-28-15-22/h1-5,10,13H,6-9,11-12,14-15H2,(H,26,27)/t21-,22-/m0/s1. The van der Waals surface area contributed by atoms with E-state index in [0.717, 1.165) is 17.7 Å². The van der Waals surface area contributed by atoms with Gasteiger partial charge in [0, 0.05) is 48.7 Å². The Balaban J connectivity index is 1.53. The van der Waals surface area contributed by atoms with Crippen molar-refractivity contribution in [2.24, 2.45) is 0 Å². The third kappa shape index (κ3) is 4.60. The topological polar surface area (TPSA) is 60.5 Å². The Morgan fingerprint density at radius 3 is 2.86 bits per heavy atom. The minimum Gasteiger partial charge on any atom is -0.378 e. The monoisotopic (exact) mass is 418 g/mol. The number of rotatable bonds is 5. The Morgan fingerprint density at radius 2 is 2.14 bits per heavy atom. The SMILES string of the molecule is O=C(C[C@@]1(c2ccc(F)cn2)CCO[C@@]2(CCOC2)C1)NCc1cccc(Cl)c1. The number of hydrogen-bond donors (Lipinski definition) is 1. The number of ether oxygens (including phenoxy) is 2. The molecule has 0 unspecified atom stereocenters. The molecule has 3 heterocycles. The van der Waals surface area contributed by atoms with Crippen LogP contribution in [0.1, 0.15) is 36.9 Å². The van der Waals surface area contributed by atoms with Crippen molar-refractivity contribution in [1.29, 1.82) is 0 Å². The van der Waals surface area contributed by atoms with Crippen molar-refractivity contribution < 1.29 is 18.7 Å². The fourth-order valence-electron chi connectivity index (χ4n) is 4.43. The van der Waals surface area contributed by atoms with Gasteiger partial charge in [0.2, 0.25) is 5.91 Å². The molecule has 4 rings (SSSR count). The van der Waals surface area contributed by atoms with E-state index in [-0.39, 0.29) is 18.1 Å². The molecule has 2 saturated heterocycles. The molecule has 2 aromatic rings. The van der Waals surface area contributed by atoms with Crippen LogP contribution in [0.2, 0.25) is 5.02 Å². The number of benzene rings is 1. The quantitative estimate of drug-likeness (QED) is 0.802. The summed E-state index contributed by atoms with van der Waals surface area (Å²) in [6, 6.07) is 10.5. The highest BCUT2D eigenvalue weighted by Crippen LogP contribution is 2.46. The van der Waals surface area contributed by atoms with Gasteiger partial charge >= 0.3 is 0 Å². The number of carbonyl (C=O) groups excluding carboxylic acids is 1.